The Morgan fingerprint density at radius 2 is 1.95 bits per heavy atom. The Hall–Kier alpha value is -3.09. The number of hydrogen-bond donors (Lipinski definition) is 1. The third-order valence-corrected chi connectivity index (χ3v) is 3.12. The molecule has 0 saturated heterocycles. The van der Waals surface area contributed by atoms with Crippen LogP contribution in [0.15, 0.2) is 27.9 Å². The molecule has 104 valence electrons. The number of anilines is 1. The van der Waals surface area contributed by atoms with E-state index in [0.29, 0.717) is 0 Å². The average Bonchev–Trinajstić information content (AvgIpc) is 2.48. The summed E-state index contributed by atoms with van der Waals surface area (Å²) in [5, 5.41) is 40.0. The first kappa shape index (κ1) is 16.0. The van der Waals surface area contributed by atoms with Crippen LogP contribution in [0.5, 0.6) is 5.75 Å². The predicted octanol–water partition coefficient (Wildman–Crippen LogP) is 2.60. The van der Waals surface area contributed by atoms with E-state index in [-0.39, 0.29) is 21.6 Å². The molecule has 1 aromatic rings. The number of hydrogen-bond acceptors (Lipinski definition) is 7. The van der Waals surface area contributed by atoms with Crippen LogP contribution < -0.4 is 10.1 Å². The second-order valence-electron chi connectivity index (χ2n) is 3.44. The van der Waals surface area contributed by atoms with Crippen LogP contribution in [0.2, 0.25) is 0 Å². The number of nitro benzene ring substituents is 1. The van der Waals surface area contributed by atoms with Crippen LogP contribution in [-0.4, -0.2) is 12.0 Å². The average molecular weight is 348 g/mol. The van der Waals surface area contributed by atoms with E-state index in [2.05, 4.69) is 21.2 Å². The molecule has 0 radical (unpaired) electrons. The SMILES string of the molecule is COc1ccc([N+](=O)[O-])c(NC(C#N)=C(C#N)C#N)c1Br. The van der Waals surface area contributed by atoms with Gasteiger partial charge in [-0.25, -0.2) is 0 Å². The number of ether oxygens (including phenoxy) is 1. The topological polar surface area (TPSA) is 136 Å². The monoisotopic (exact) mass is 347 g/mol. The summed E-state index contributed by atoms with van der Waals surface area (Å²) in [4.78, 5) is 10.4. The molecular formula is C12H6BrN5O3. The number of nitrogens with one attached hydrogen (secondary N) is 1. The second kappa shape index (κ2) is 6.90. The molecule has 0 saturated carbocycles. The van der Waals surface area contributed by atoms with E-state index >= 15 is 0 Å². The molecule has 0 unspecified atom stereocenters. The molecule has 0 spiro atoms. The fraction of sp³-hybridized carbons (Fsp3) is 0.0833. The molecule has 0 bridgehead atoms. The van der Waals surface area contributed by atoms with Gasteiger partial charge in [0.2, 0.25) is 0 Å². The molecule has 1 rings (SSSR count). The number of benzene rings is 1. The molecule has 0 heterocycles. The van der Waals surface area contributed by atoms with Gasteiger partial charge in [-0.05, 0) is 22.0 Å². The van der Waals surface area contributed by atoms with E-state index in [9.17, 15) is 10.1 Å². The normalized spacial score (nSPS) is 8.71. The van der Waals surface area contributed by atoms with Gasteiger partial charge in [-0.15, -0.1) is 0 Å². The van der Waals surface area contributed by atoms with Crippen LogP contribution in [0.1, 0.15) is 0 Å². The first-order valence-electron chi connectivity index (χ1n) is 5.22. The molecule has 21 heavy (non-hydrogen) atoms. The second-order valence-corrected chi connectivity index (χ2v) is 4.24. The van der Waals surface area contributed by atoms with Crippen molar-refractivity contribution in [3.05, 3.63) is 38.0 Å². The van der Waals surface area contributed by atoms with E-state index in [1.165, 1.54) is 31.4 Å². The summed E-state index contributed by atoms with van der Waals surface area (Å²) in [5.74, 6) is 0.288. The zero-order chi connectivity index (χ0) is 16.0. The van der Waals surface area contributed by atoms with Crippen LogP contribution in [0.4, 0.5) is 11.4 Å². The third kappa shape index (κ3) is 3.27. The number of nitro groups is 1. The first-order chi connectivity index (χ1) is 9.99. The number of allylic oxidation sites excluding steroid dienone is 2. The molecule has 0 amide bonds. The van der Waals surface area contributed by atoms with Gasteiger partial charge in [0.1, 0.15) is 35.3 Å². The Morgan fingerprint density at radius 1 is 1.33 bits per heavy atom. The predicted molar refractivity (Wildman–Crippen MR) is 74.8 cm³/mol. The molecule has 0 fully saturated rings. The number of rotatable bonds is 4. The quantitative estimate of drug-likeness (QED) is 0.502. The van der Waals surface area contributed by atoms with Crippen LogP contribution >= 0.6 is 15.9 Å². The van der Waals surface area contributed by atoms with Gasteiger partial charge < -0.3 is 10.1 Å². The van der Waals surface area contributed by atoms with Gasteiger partial charge in [-0.2, -0.15) is 15.8 Å². The minimum atomic E-state index is -0.667. The Balaban J connectivity index is 3.54. The fourth-order valence-corrected chi connectivity index (χ4v) is 1.98. The van der Waals surface area contributed by atoms with Crippen molar-refractivity contribution in [2.24, 2.45) is 0 Å². The van der Waals surface area contributed by atoms with Gasteiger partial charge in [-0.3, -0.25) is 10.1 Å². The molecule has 1 aromatic carbocycles. The Labute approximate surface area is 127 Å². The lowest BCUT2D eigenvalue weighted by atomic mass is 10.2. The summed E-state index contributed by atoms with van der Waals surface area (Å²) >= 11 is 3.12. The summed E-state index contributed by atoms with van der Waals surface area (Å²) in [6.45, 7) is 0. The van der Waals surface area contributed by atoms with Crippen LogP contribution in [-0.2, 0) is 0 Å². The van der Waals surface area contributed by atoms with Crippen LogP contribution in [0.3, 0.4) is 0 Å². The van der Waals surface area contributed by atoms with E-state index in [1.807, 2.05) is 0 Å². The Bertz CT molecular complexity index is 736. The maximum Gasteiger partial charge on any atom is 0.294 e. The smallest absolute Gasteiger partial charge is 0.294 e. The summed E-state index contributed by atoms with van der Waals surface area (Å²) in [6.07, 6.45) is 0. The summed E-state index contributed by atoms with van der Waals surface area (Å²) in [7, 11) is 1.37. The number of nitrogens with zero attached hydrogens (tertiary/aromatic N) is 4. The van der Waals surface area contributed by atoms with E-state index in [4.69, 9.17) is 20.5 Å². The van der Waals surface area contributed by atoms with Gasteiger partial charge in [-0.1, -0.05) is 0 Å². The molecule has 9 heteroatoms. The highest BCUT2D eigenvalue weighted by atomic mass is 79.9. The molecule has 0 aromatic heterocycles. The minimum Gasteiger partial charge on any atom is -0.495 e. The summed E-state index contributed by atoms with van der Waals surface area (Å²) in [5.41, 5.74) is -1.30. The van der Waals surface area contributed by atoms with Crippen molar-refractivity contribution >= 4 is 27.3 Å². The number of nitriles is 3. The van der Waals surface area contributed by atoms with Crippen LogP contribution in [0, 0.1) is 44.1 Å². The third-order valence-electron chi connectivity index (χ3n) is 2.34. The molecule has 0 atom stereocenters. The standard InChI is InChI=1S/C12H6BrN5O3/c1-21-10-3-2-9(18(19)20)12(11(10)13)17-8(6-16)7(4-14)5-15/h2-3,17H,1H3. The van der Waals surface area contributed by atoms with E-state index in [1.54, 1.807) is 6.07 Å². The minimum absolute atomic E-state index is 0.0844. The van der Waals surface area contributed by atoms with Gasteiger partial charge in [0.15, 0.2) is 5.57 Å². The van der Waals surface area contributed by atoms with Gasteiger partial charge in [0.25, 0.3) is 5.69 Å². The Kier molecular flexibility index (Phi) is 5.24. The molecule has 8 nitrogen and oxygen atoms in total. The molecule has 0 aliphatic rings. The lowest BCUT2D eigenvalue weighted by Crippen LogP contribution is -2.05. The zero-order valence-corrected chi connectivity index (χ0v) is 12.1. The van der Waals surface area contributed by atoms with Crippen LogP contribution in [0.25, 0.3) is 0 Å². The van der Waals surface area contributed by atoms with Crippen molar-refractivity contribution in [1.82, 2.24) is 0 Å². The van der Waals surface area contributed by atoms with Crippen molar-refractivity contribution in [2.45, 2.75) is 0 Å². The molecular weight excluding hydrogens is 342 g/mol. The highest BCUT2D eigenvalue weighted by Crippen LogP contribution is 2.40. The lowest BCUT2D eigenvalue weighted by Gasteiger charge is -2.11. The fourth-order valence-electron chi connectivity index (χ4n) is 1.38. The van der Waals surface area contributed by atoms with Crippen molar-refractivity contribution in [3.63, 3.8) is 0 Å². The highest BCUT2D eigenvalue weighted by Gasteiger charge is 2.22. The first-order valence-corrected chi connectivity index (χ1v) is 6.01. The molecule has 1 N–H and O–H groups in total. The highest BCUT2D eigenvalue weighted by molar-refractivity contribution is 9.10. The largest absolute Gasteiger partial charge is 0.495 e. The summed E-state index contributed by atoms with van der Waals surface area (Å²) in [6, 6.07) is 7.25. The van der Waals surface area contributed by atoms with Crippen molar-refractivity contribution in [2.75, 3.05) is 12.4 Å². The van der Waals surface area contributed by atoms with Gasteiger partial charge in [0.05, 0.1) is 16.5 Å². The van der Waals surface area contributed by atoms with E-state index in [0.717, 1.165) is 0 Å². The van der Waals surface area contributed by atoms with E-state index < -0.39 is 16.2 Å². The maximum atomic E-state index is 11.0. The van der Waals surface area contributed by atoms with Crippen molar-refractivity contribution < 1.29 is 9.66 Å². The zero-order valence-electron chi connectivity index (χ0n) is 10.5. The van der Waals surface area contributed by atoms with Crippen molar-refractivity contribution in [1.29, 1.82) is 15.8 Å². The molecule has 0 aliphatic heterocycles. The molecule has 0 aliphatic carbocycles. The number of halogens is 1. The summed E-state index contributed by atoms with van der Waals surface area (Å²) < 4.78 is 5.21. The maximum absolute atomic E-state index is 11.0. The lowest BCUT2D eigenvalue weighted by molar-refractivity contribution is -0.384. The van der Waals surface area contributed by atoms with Crippen molar-refractivity contribution in [3.8, 4) is 24.0 Å². The number of methoxy groups -OCH3 is 1. The van der Waals surface area contributed by atoms with Gasteiger partial charge >= 0.3 is 0 Å². The Morgan fingerprint density at radius 3 is 2.38 bits per heavy atom. The van der Waals surface area contributed by atoms with Gasteiger partial charge in [0, 0.05) is 6.07 Å².